The van der Waals surface area contributed by atoms with Gasteiger partial charge in [0.15, 0.2) is 0 Å². The summed E-state index contributed by atoms with van der Waals surface area (Å²) in [5.41, 5.74) is -0.599. The van der Waals surface area contributed by atoms with Crippen LogP contribution < -0.4 is 4.80 Å². The largest absolute Gasteiger partial charge is 0.416 e. The van der Waals surface area contributed by atoms with E-state index < -0.39 is 21.8 Å². The first-order valence-corrected chi connectivity index (χ1v) is 8.35. The van der Waals surface area contributed by atoms with E-state index in [0.29, 0.717) is 0 Å². The summed E-state index contributed by atoms with van der Waals surface area (Å²) in [5, 5.41) is 0. The molecule has 0 atom stereocenters. The van der Waals surface area contributed by atoms with E-state index in [0.717, 1.165) is 34.6 Å². The Balaban J connectivity index is 2.67. The van der Waals surface area contributed by atoms with Crippen LogP contribution in [0.15, 0.2) is 34.9 Å². The molecule has 0 amide bonds. The maximum absolute atomic E-state index is 12.7. The van der Waals surface area contributed by atoms with Crippen molar-refractivity contribution in [3.8, 4) is 5.69 Å². The van der Waals surface area contributed by atoms with Crippen LogP contribution in [0.2, 0.25) is 0 Å². The monoisotopic (exact) mass is 336 g/mol. The molecular weight excluding hydrogens is 325 g/mol. The lowest BCUT2D eigenvalue weighted by atomic mass is 10.2. The minimum Gasteiger partial charge on any atom is -0.292 e. The first kappa shape index (κ1) is 15.8. The summed E-state index contributed by atoms with van der Waals surface area (Å²) in [5.74, 6) is 0. The smallest absolute Gasteiger partial charge is 0.292 e. The second kappa shape index (κ2) is 5.30. The lowest BCUT2D eigenvalue weighted by Gasteiger charge is -2.09. The number of benzene rings is 1. The van der Waals surface area contributed by atoms with Crippen LogP contribution in [-0.4, -0.2) is 19.2 Å². The molecule has 0 aliphatic carbocycles. The molecule has 0 spiro atoms. The molecule has 2 aromatic rings. The highest BCUT2D eigenvalue weighted by atomic mass is 32.2. The van der Waals surface area contributed by atoms with Crippen molar-refractivity contribution in [2.45, 2.75) is 13.1 Å². The Morgan fingerprint density at radius 1 is 1.29 bits per heavy atom. The SMILES string of the molecule is Cc1cn(-c2cccc(C(F)(F)F)c2)c(=NS(C)(=O)=O)s1. The van der Waals surface area contributed by atoms with E-state index in [-0.39, 0.29) is 10.5 Å². The summed E-state index contributed by atoms with van der Waals surface area (Å²) < 4.78 is 65.6. The van der Waals surface area contributed by atoms with Crippen molar-refractivity contribution in [3.63, 3.8) is 0 Å². The molecule has 0 saturated carbocycles. The molecule has 0 radical (unpaired) electrons. The van der Waals surface area contributed by atoms with Crippen molar-refractivity contribution < 1.29 is 21.6 Å². The van der Waals surface area contributed by atoms with Gasteiger partial charge in [-0.1, -0.05) is 6.07 Å². The van der Waals surface area contributed by atoms with E-state index in [1.165, 1.54) is 16.7 Å². The van der Waals surface area contributed by atoms with Crippen molar-refractivity contribution in [1.82, 2.24) is 4.57 Å². The molecular formula is C12H11F3N2O2S2. The zero-order chi connectivity index (χ0) is 15.8. The minimum absolute atomic E-state index is 0.106. The van der Waals surface area contributed by atoms with Crippen LogP contribution in [0.3, 0.4) is 0 Å². The van der Waals surface area contributed by atoms with E-state index in [9.17, 15) is 21.6 Å². The number of aromatic nitrogens is 1. The predicted octanol–water partition coefficient (Wildman–Crippen LogP) is 2.73. The van der Waals surface area contributed by atoms with Gasteiger partial charge in [0.05, 0.1) is 11.8 Å². The van der Waals surface area contributed by atoms with Gasteiger partial charge in [0.2, 0.25) is 4.80 Å². The van der Waals surface area contributed by atoms with E-state index in [2.05, 4.69) is 4.40 Å². The highest BCUT2D eigenvalue weighted by molar-refractivity contribution is 7.89. The molecule has 0 aliphatic heterocycles. The number of sulfonamides is 1. The first-order chi connectivity index (χ1) is 9.56. The molecule has 4 nitrogen and oxygen atoms in total. The maximum atomic E-state index is 12.7. The first-order valence-electron chi connectivity index (χ1n) is 5.69. The topological polar surface area (TPSA) is 51.4 Å². The number of hydrogen-bond donors (Lipinski definition) is 0. The average molecular weight is 336 g/mol. The zero-order valence-corrected chi connectivity index (χ0v) is 12.7. The normalized spacial score (nSPS) is 13.7. The third-order valence-corrected chi connectivity index (χ3v) is 3.98. The van der Waals surface area contributed by atoms with Gasteiger partial charge in [0.25, 0.3) is 10.0 Å². The summed E-state index contributed by atoms with van der Waals surface area (Å²) in [6.45, 7) is 1.72. The quantitative estimate of drug-likeness (QED) is 0.847. The molecule has 1 aromatic heterocycles. The van der Waals surface area contributed by atoms with Crippen LogP contribution in [0.5, 0.6) is 0 Å². The number of nitrogens with zero attached hydrogens (tertiary/aromatic N) is 2. The minimum atomic E-state index is -4.46. The second-order valence-electron chi connectivity index (χ2n) is 4.37. The van der Waals surface area contributed by atoms with E-state index >= 15 is 0 Å². The number of hydrogen-bond acceptors (Lipinski definition) is 3. The van der Waals surface area contributed by atoms with E-state index in [1.54, 1.807) is 13.1 Å². The fraction of sp³-hybridized carbons (Fsp3) is 0.250. The Labute approximate surface area is 123 Å². The Hall–Kier alpha value is -1.61. The average Bonchev–Trinajstić information content (AvgIpc) is 2.67. The van der Waals surface area contributed by atoms with E-state index in [4.69, 9.17) is 0 Å². The van der Waals surface area contributed by atoms with Gasteiger partial charge in [0, 0.05) is 16.8 Å². The van der Waals surface area contributed by atoms with Gasteiger partial charge in [-0.3, -0.25) is 4.57 Å². The molecule has 21 heavy (non-hydrogen) atoms. The van der Waals surface area contributed by atoms with Crippen LogP contribution in [0.1, 0.15) is 10.4 Å². The van der Waals surface area contributed by atoms with E-state index in [1.807, 2.05) is 0 Å². The van der Waals surface area contributed by atoms with Crippen molar-refractivity contribution in [3.05, 3.63) is 45.7 Å². The molecule has 0 aliphatic rings. The van der Waals surface area contributed by atoms with Gasteiger partial charge in [0.1, 0.15) is 0 Å². The molecule has 1 heterocycles. The summed E-state index contributed by atoms with van der Waals surface area (Å²) in [6, 6.07) is 4.63. The van der Waals surface area contributed by atoms with Gasteiger partial charge in [-0.25, -0.2) is 8.42 Å². The summed E-state index contributed by atoms with van der Waals surface area (Å²) in [7, 11) is -3.64. The molecule has 0 saturated heterocycles. The molecule has 9 heteroatoms. The Morgan fingerprint density at radius 2 is 1.95 bits per heavy atom. The number of rotatable bonds is 2. The third-order valence-electron chi connectivity index (χ3n) is 2.46. The molecule has 1 aromatic carbocycles. The Kier molecular flexibility index (Phi) is 3.98. The van der Waals surface area contributed by atoms with Crippen molar-refractivity contribution in [2.24, 2.45) is 4.40 Å². The van der Waals surface area contributed by atoms with Crippen LogP contribution in [0.25, 0.3) is 5.69 Å². The van der Waals surface area contributed by atoms with Gasteiger partial charge >= 0.3 is 6.18 Å². The Morgan fingerprint density at radius 3 is 2.52 bits per heavy atom. The molecule has 2 rings (SSSR count). The van der Waals surface area contributed by atoms with Gasteiger partial charge in [-0.2, -0.15) is 13.2 Å². The molecule has 0 fully saturated rings. The van der Waals surface area contributed by atoms with Crippen LogP contribution in [0.4, 0.5) is 13.2 Å². The van der Waals surface area contributed by atoms with Gasteiger partial charge in [-0.15, -0.1) is 15.7 Å². The van der Waals surface area contributed by atoms with Gasteiger partial charge < -0.3 is 0 Å². The van der Waals surface area contributed by atoms with Crippen LogP contribution in [-0.2, 0) is 16.2 Å². The maximum Gasteiger partial charge on any atom is 0.416 e. The highest BCUT2D eigenvalue weighted by Crippen LogP contribution is 2.30. The Bertz CT molecular complexity index is 833. The predicted molar refractivity (Wildman–Crippen MR) is 73.8 cm³/mol. The lowest BCUT2D eigenvalue weighted by Crippen LogP contribution is -2.15. The molecule has 0 unspecified atom stereocenters. The number of alkyl halides is 3. The van der Waals surface area contributed by atoms with Gasteiger partial charge in [-0.05, 0) is 25.1 Å². The fourth-order valence-electron chi connectivity index (χ4n) is 1.68. The van der Waals surface area contributed by atoms with Crippen LogP contribution >= 0.6 is 11.3 Å². The number of aryl methyl sites for hydroxylation is 1. The van der Waals surface area contributed by atoms with Crippen molar-refractivity contribution in [2.75, 3.05) is 6.26 Å². The number of halogens is 3. The second-order valence-corrected chi connectivity index (χ2v) is 7.23. The van der Waals surface area contributed by atoms with Crippen LogP contribution in [0, 0.1) is 6.92 Å². The summed E-state index contributed by atoms with van der Waals surface area (Å²) in [4.78, 5) is 0.837. The zero-order valence-electron chi connectivity index (χ0n) is 11.0. The molecule has 0 N–H and O–H groups in total. The molecule has 0 bridgehead atoms. The fourth-order valence-corrected chi connectivity index (χ4v) is 3.31. The standard InChI is InChI=1S/C12H11F3N2O2S2/c1-8-7-17(11(20-8)16-21(2,18)19)10-5-3-4-9(6-10)12(13,14)15/h3-7H,1-2H3. The van der Waals surface area contributed by atoms with Crippen molar-refractivity contribution in [1.29, 1.82) is 0 Å². The summed E-state index contributed by atoms with van der Waals surface area (Å²) >= 11 is 1.09. The molecule has 114 valence electrons. The highest BCUT2D eigenvalue weighted by Gasteiger charge is 2.30. The third kappa shape index (κ3) is 3.94. The number of thiazole rings is 1. The van der Waals surface area contributed by atoms with Crippen molar-refractivity contribution >= 4 is 21.4 Å². The lowest BCUT2D eigenvalue weighted by molar-refractivity contribution is -0.137. The summed E-state index contributed by atoms with van der Waals surface area (Å²) in [6.07, 6.45) is -1.99.